The zero-order chi connectivity index (χ0) is 22.4. The summed E-state index contributed by atoms with van der Waals surface area (Å²) in [5, 5.41) is 49.4. The third-order valence-electron chi connectivity index (χ3n) is 5.63. The molecule has 166 valence electrons. The molecule has 0 bridgehead atoms. The van der Waals surface area contributed by atoms with E-state index >= 15 is 0 Å². The van der Waals surface area contributed by atoms with Crippen LogP contribution in [0.5, 0.6) is 0 Å². The van der Waals surface area contributed by atoms with E-state index in [-0.39, 0.29) is 0 Å². The van der Waals surface area contributed by atoms with Gasteiger partial charge >= 0.3 is 0 Å². The van der Waals surface area contributed by atoms with Crippen molar-refractivity contribution in [1.29, 1.82) is 5.26 Å². The van der Waals surface area contributed by atoms with E-state index in [1.165, 1.54) is 5.56 Å². The third kappa shape index (κ3) is 5.49. The number of aliphatic hydroxyl groups excluding tert-OH is 4. The third-order valence-corrected chi connectivity index (χ3v) is 5.63. The number of ether oxygens (including phenoxy) is 2. The molecule has 0 radical (unpaired) electrons. The number of nitrogens with zero attached hydrogens (tertiary/aromatic N) is 1. The average molecular weight is 427 g/mol. The molecule has 1 fully saturated rings. The summed E-state index contributed by atoms with van der Waals surface area (Å²) in [6.07, 6.45) is -4.77. The second kappa shape index (κ2) is 10.8. The first-order valence-electron chi connectivity index (χ1n) is 10.5. The Labute approximate surface area is 182 Å². The molecular formula is C24H29NO6. The Balaban J connectivity index is 1.80. The van der Waals surface area contributed by atoms with Crippen molar-refractivity contribution in [3.05, 3.63) is 70.3 Å². The summed E-state index contributed by atoms with van der Waals surface area (Å²) in [6.45, 7) is 2.85. The smallest absolute Gasteiger partial charge is 0.113 e. The van der Waals surface area contributed by atoms with E-state index in [9.17, 15) is 25.7 Å². The van der Waals surface area contributed by atoms with E-state index in [2.05, 4.69) is 6.07 Å². The average Bonchev–Trinajstić information content (AvgIpc) is 2.79. The van der Waals surface area contributed by atoms with E-state index in [0.717, 1.165) is 17.5 Å². The Morgan fingerprint density at radius 2 is 1.71 bits per heavy atom. The molecule has 0 amide bonds. The van der Waals surface area contributed by atoms with Gasteiger partial charge in [-0.3, -0.25) is 0 Å². The monoisotopic (exact) mass is 427 g/mol. The summed E-state index contributed by atoms with van der Waals surface area (Å²) in [5.41, 5.74) is 4.04. The predicted molar refractivity (Wildman–Crippen MR) is 113 cm³/mol. The fraction of sp³-hybridized carbons (Fsp3) is 0.458. The predicted octanol–water partition coefficient (Wildman–Crippen LogP) is 1.24. The van der Waals surface area contributed by atoms with Crippen LogP contribution >= 0.6 is 0 Å². The van der Waals surface area contributed by atoms with Crippen LogP contribution in [0.1, 0.15) is 40.8 Å². The molecule has 7 heteroatoms. The molecule has 0 aromatic heterocycles. The van der Waals surface area contributed by atoms with Gasteiger partial charge in [-0.15, -0.1) is 0 Å². The minimum atomic E-state index is -1.45. The second-order valence-electron chi connectivity index (χ2n) is 7.72. The minimum Gasteiger partial charge on any atom is -0.394 e. The summed E-state index contributed by atoms with van der Waals surface area (Å²) in [5.74, 6) is 0. The van der Waals surface area contributed by atoms with Crippen LogP contribution < -0.4 is 0 Å². The van der Waals surface area contributed by atoms with Crippen LogP contribution in [0, 0.1) is 11.3 Å². The van der Waals surface area contributed by atoms with Gasteiger partial charge < -0.3 is 29.9 Å². The number of hydrogen-bond acceptors (Lipinski definition) is 7. The topological polar surface area (TPSA) is 123 Å². The van der Waals surface area contributed by atoms with E-state index < -0.39 is 37.1 Å². The van der Waals surface area contributed by atoms with E-state index in [0.29, 0.717) is 30.8 Å². The highest BCUT2D eigenvalue weighted by atomic mass is 16.5. The molecule has 31 heavy (non-hydrogen) atoms. The summed E-state index contributed by atoms with van der Waals surface area (Å²) < 4.78 is 11.0. The van der Waals surface area contributed by atoms with Crippen LogP contribution in [0.4, 0.5) is 0 Å². The van der Waals surface area contributed by atoms with Gasteiger partial charge in [0.25, 0.3) is 0 Å². The maximum atomic E-state index is 10.4. The highest BCUT2D eigenvalue weighted by Gasteiger charge is 2.44. The maximum absolute atomic E-state index is 10.4. The molecule has 1 saturated heterocycles. The summed E-state index contributed by atoms with van der Waals surface area (Å²) in [4.78, 5) is 0. The highest BCUT2D eigenvalue weighted by Crippen LogP contribution is 2.33. The van der Waals surface area contributed by atoms with Gasteiger partial charge in [0, 0.05) is 6.61 Å². The van der Waals surface area contributed by atoms with Crippen LogP contribution in [0.25, 0.3) is 0 Å². The Bertz CT molecular complexity index is 892. The van der Waals surface area contributed by atoms with E-state index in [1.807, 2.05) is 31.2 Å². The Hall–Kier alpha value is -2.31. The summed E-state index contributed by atoms with van der Waals surface area (Å²) in [6, 6.07) is 15.4. The Morgan fingerprint density at radius 3 is 2.35 bits per heavy atom. The fourth-order valence-corrected chi connectivity index (χ4v) is 3.80. The molecule has 0 aliphatic carbocycles. The van der Waals surface area contributed by atoms with Crippen molar-refractivity contribution in [3.8, 4) is 6.07 Å². The zero-order valence-corrected chi connectivity index (χ0v) is 17.5. The normalized spacial score (nSPS) is 25.9. The highest BCUT2D eigenvalue weighted by molar-refractivity contribution is 5.44. The first kappa shape index (κ1) is 23.4. The molecule has 2 aromatic carbocycles. The van der Waals surface area contributed by atoms with Gasteiger partial charge in [0.15, 0.2) is 0 Å². The lowest BCUT2D eigenvalue weighted by molar-refractivity contribution is -0.231. The zero-order valence-electron chi connectivity index (χ0n) is 17.5. The van der Waals surface area contributed by atoms with Crippen molar-refractivity contribution in [2.45, 2.75) is 50.3 Å². The van der Waals surface area contributed by atoms with Crippen molar-refractivity contribution in [2.75, 3.05) is 19.8 Å². The van der Waals surface area contributed by atoms with Crippen LogP contribution in [-0.4, -0.2) is 64.7 Å². The molecular weight excluding hydrogens is 398 g/mol. The van der Waals surface area contributed by atoms with Crippen molar-refractivity contribution in [2.24, 2.45) is 0 Å². The molecule has 3 rings (SSSR count). The molecule has 1 heterocycles. The Morgan fingerprint density at radius 1 is 1.00 bits per heavy atom. The number of hydrogen-bond donors (Lipinski definition) is 4. The lowest BCUT2D eigenvalue weighted by atomic mass is 9.89. The van der Waals surface area contributed by atoms with Crippen LogP contribution in [-0.2, 0) is 22.3 Å². The lowest BCUT2D eigenvalue weighted by Gasteiger charge is -2.40. The standard InChI is InChI=1S/C24H29NO6/c1-2-30-10-9-15-3-5-16(6-4-15)11-19-12-17(7-8-18(19)13-25)24-23(29)22(28)21(27)20(14-26)31-24/h3-8,12,20-24,26-29H,2,9-11,14H2,1H3/t20?,21-,22+,23-,24+/m1/s1. The first-order valence-corrected chi connectivity index (χ1v) is 10.5. The van der Waals surface area contributed by atoms with Gasteiger partial charge in [0.05, 0.1) is 24.8 Å². The summed E-state index contributed by atoms with van der Waals surface area (Å²) in [7, 11) is 0. The lowest BCUT2D eigenvalue weighted by Crippen LogP contribution is -2.55. The largest absolute Gasteiger partial charge is 0.394 e. The maximum Gasteiger partial charge on any atom is 0.113 e. The molecule has 1 aliphatic rings. The second-order valence-corrected chi connectivity index (χ2v) is 7.72. The SMILES string of the molecule is CCOCCc1ccc(Cc2cc([C@@H]3OC(CO)[C@@H](O)[C@H](O)[C@H]3O)ccc2C#N)cc1. The van der Waals surface area contributed by atoms with Crippen molar-refractivity contribution >= 4 is 0 Å². The van der Waals surface area contributed by atoms with Crippen LogP contribution in [0.3, 0.4) is 0 Å². The molecule has 0 saturated carbocycles. The number of nitriles is 1. The molecule has 0 spiro atoms. The van der Waals surface area contributed by atoms with Gasteiger partial charge in [0.2, 0.25) is 0 Å². The van der Waals surface area contributed by atoms with Crippen molar-refractivity contribution in [3.63, 3.8) is 0 Å². The molecule has 4 N–H and O–H groups in total. The van der Waals surface area contributed by atoms with E-state index in [4.69, 9.17) is 9.47 Å². The summed E-state index contributed by atoms with van der Waals surface area (Å²) >= 11 is 0. The van der Waals surface area contributed by atoms with Crippen LogP contribution in [0.2, 0.25) is 0 Å². The molecule has 1 unspecified atom stereocenters. The van der Waals surface area contributed by atoms with Gasteiger partial charge in [-0.05, 0) is 48.1 Å². The Kier molecular flexibility index (Phi) is 8.15. The van der Waals surface area contributed by atoms with Gasteiger partial charge in [0.1, 0.15) is 30.5 Å². The molecule has 7 nitrogen and oxygen atoms in total. The van der Waals surface area contributed by atoms with Gasteiger partial charge in [-0.2, -0.15) is 5.26 Å². The van der Waals surface area contributed by atoms with Gasteiger partial charge in [-0.25, -0.2) is 0 Å². The number of aliphatic hydroxyl groups is 4. The number of benzene rings is 2. The molecule has 5 atom stereocenters. The molecule has 2 aromatic rings. The van der Waals surface area contributed by atoms with E-state index in [1.54, 1.807) is 18.2 Å². The molecule has 1 aliphatic heterocycles. The minimum absolute atomic E-state index is 0.486. The fourth-order valence-electron chi connectivity index (χ4n) is 3.80. The van der Waals surface area contributed by atoms with Gasteiger partial charge in [-0.1, -0.05) is 36.4 Å². The first-order chi connectivity index (χ1) is 15.0. The van der Waals surface area contributed by atoms with Crippen molar-refractivity contribution in [1.82, 2.24) is 0 Å². The van der Waals surface area contributed by atoms with Crippen LogP contribution in [0.15, 0.2) is 42.5 Å². The quantitative estimate of drug-likeness (QED) is 0.468. The number of rotatable bonds is 8. The van der Waals surface area contributed by atoms with Crippen molar-refractivity contribution < 1.29 is 29.9 Å².